The highest BCUT2D eigenvalue weighted by Crippen LogP contribution is 2.27. The van der Waals surface area contributed by atoms with Gasteiger partial charge in [-0.05, 0) is 25.0 Å². The first-order valence-electron chi connectivity index (χ1n) is 5.54. The molecule has 0 heterocycles. The number of nitrogens with one attached hydrogen (secondary N) is 1. The van der Waals surface area contributed by atoms with E-state index in [1.54, 1.807) is 13.8 Å². The molecule has 1 amide bonds. The summed E-state index contributed by atoms with van der Waals surface area (Å²) in [6.07, 6.45) is 0.425. The van der Waals surface area contributed by atoms with Crippen molar-refractivity contribution in [1.82, 2.24) is 0 Å². The van der Waals surface area contributed by atoms with E-state index in [0.29, 0.717) is 23.2 Å². The standard InChI is InChI=1S/C11H13N3O5/c1-3-8-5-9(12-11(15)6-13(16)17)7(2)4-10(8)14(18)19/h4-5H,3,6H2,1-2H3,(H,12,15). The third-order valence-corrected chi connectivity index (χ3v) is 2.55. The molecule has 102 valence electrons. The number of hydrogen-bond acceptors (Lipinski definition) is 5. The molecule has 0 spiro atoms. The van der Waals surface area contributed by atoms with E-state index in [1.807, 2.05) is 0 Å². The maximum Gasteiger partial charge on any atom is 0.296 e. The predicted molar refractivity (Wildman–Crippen MR) is 67.7 cm³/mol. The average Bonchev–Trinajstić information content (AvgIpc) is 2.29. The molecular weight excluding hydrogens is 254 g/mol. The van der Waals surface area contributed by atoms with Crippen LogP contribution in [0.3, 0.4) is 0 Å². The fourth-order valence-corrected chi connectivity index (χ4v) is 1.63. The molecule has 0 saturated heterocycles. The number of hydrogen-bond donors (Lipinski definition) is 1. The second kappa shape index (κ2) is 5.89. The Morgan fingerprint density at radius 2 is 1.95 bits per heavy atom. The molecule has 0 radical (unpaired) electrons. The number of rotatable bonds is 5. The largest absolute Gasteiger partial charge is 0.320 e. The van der Waals surface area contributed by atoms with Gasteiger partial charge in [-0.15, -0.1) is 0 Å². The van der Waals surface area contributed by atoms with Crippen LogP contribution in [0.4, 0.5) is 11.4 Å². The molecule has 0 atom stereocenters. The second-order valence-electron chi connectivity index (χ2n) is 3.95. The average molecular weight is 267 g/mol. The van der Waals surface area contributed by atoms with Gasteiger partial charge in [-0.3, -0.25) is 25.0 Å². The van der Waals surface area contributed by atoms with Gasteiger partial charge in [0.2, 0.25) is 0 Å². The van der Waals surface area contributed by atoms with E-state index in [9.17, 15) is 25.0 Å². The third-order valence-electron chi connectivity index (χ3n) is 2.55. The maximum atomic E-state index is 11.3. The van der Waals surface area contributed by atoms with Gasteiger partial charge in [-0.2, -0.15) is 0 Å². The molecule has 0 aliphatic carbocycles. The Labute approximate surface area is 108 Å². The summed E-state index contributed by atoms with van der Waals surface area (Å²) in [7, 11) is 0. The first-order valence-corrected chi connectivity index (χ1v) is 5.54. The zero-order valence-corrected chi connectivity index (χ0v) is 10.5. The summed E-state index contributed by atoms with van der Waals surface area (Å²) in [5, 5.41) is 23.4. The maximum absolute atomic E-state index is 11.3. The van der Waals surface area contributed by atoms with Crippen LogP contribution in [-0.2, 0) is 11.2 Å². The van der Waals surface area contributed by atoms with Gasteiger partial charge in [0.25, 0.3) is 18.1 Å². The van der Waals surface area contributed by atoms with Crippen molar-refractivity contribution >= 4 is 17.3 Å². The van der Waals surface area contributed by atoms with Crippen molar-refractivity contribution in [3.05, 3.63) is 43.5 Å². The Balaban J connectivity index is 3.06. The summed E-state index contributed by atoms with van der Waals surface area (Å²) in [5.74, 6) is -0.760. The lowest BCUT2D eigenvalue weighted by Gasteiger charge is -2.09. The zero-order chi connectivity index (χ0) is 14.6. The Kier molecular flexibility index (Phi) is 4.51. The highest BCUT2D eigenvalue weighted by Gasteiger charge is 2.17. The number of nitro benzene ring substituents is 1. The molecule has 0 aromatic heterocycles. The summed E-state index contributed by atoms with van der Waals surface area (Å²) in [5.41, 5.74) is 1.29. The Morgan fingerprint density at radius 3 is 2.42 bits per heavy atom. The first kappa shape index (κ1) is 14.6. The third kappa shape index (κ3) is 3.73. The molecule has 0 aliphatic heterocycles. The predicted octanol–water partition coefficient (Wildman–Crippen LogP) is 1.68. The highest BCUT2D eigenvalue weighted by atomic mass is 16.6. The molecule has 1 aromatic carbocycles. The van der Waals surface area contributed by atoms with Crippen molar-refractivity contribution in [3.63, 3.8) is 0 Å². The summed E-state index contributed by atoms with van der Waals surface area (Å²) in [4.78, 5) is 31.1. The smallest absolute Gasteiger partial charge is 0.296 e. The van der Waals surface area contributed by atoms with E-state index in [1.165, 1.54) is 12.1 Å². The van der Waals surface area contributed by atoms with Crippen molar-refractivity contribution in [3.8, 4) is 0 Å². The van der Waals surface area contributed by atoms with Gasteiger partial charge in [0.05, 0.1) is 4.92 Å². The number of nitrogens with zero attached hydrogens (tertiary/aromatic N) is 2. The van der Waals surface area contributed by atoms with Crippen LogP contribution in [0.1, 0.15) is 18.1 Å². The number of carbonyl (C=O) groups excluding carboxylic acids is 1. The van der Waals surface area contributed by atoms with Crippen LogP contribution < -0.4 is 5.32 Å². The van der Waals surface area contributed by atoms with Crippen LogP contribution in [-0.4, -0.2) is 22.3 Å². The lowest BCUT2D eigenvalue weighted by atomic mass is 10.1. The number of anilines is 1. The molecule has 0 saturated carbocycles. The molecule has 1 aromatic rings. The molecule has 0 aliphatic rings. The van der Waals surface area contributed by atoms with Crippen molar-refractivity contribution in [1.29, 1.82) is 0 Å². The van der Waals surface area contributed by atoms with Gasteiger partial charge in [0.15, 0.2) is 0 Å². The first-order chi connectivity index (χ1) is 8.85. The molecule has 8 heteroatoms. The van der Waals surface area contributed by atoms with Gasteiger partial charge in [0.1, 0.15) is 0 Å². The fraction of sp³-hybridized carbons (Fsp3) is 0.364. The normalized spacial score (nSPS) is 10.0. The van der Waals surface area contributed by atoms with Crippen LogP contribution >= 0.6 is 0 Å². The zero-order valence-electron chi connectivity index (χ0n) is 10.5. The fourth-order valence-electron chi connectivity index (χ4n) is 1.63. The number of nitro groups is 2. The van der Waals surface area contributed by atoms with Gasteiger partial charge < -0.3 is 5.32 Å². The minimum absolute atomic E-state index is 0.0210. The van der Waals surface area contributed by atoms with E-state index < -0.39 is 22.3 Å². The Bertz CT molecular complexity index is 541. The Morgan fingerprint density at radius 1 is 1.32 bits per heavy atom. The minimum atomic E-state index is -0.835. The van der Waals surface area contributed by atoms with Crippen LogP contribution in [0.5, 0.6) is 0 Å². The van der Waals surface area contributed by atoms with Crippen LogP contribution in [0.25, 0.3) is 0 Å². The molecule has 1 rings (SSSR count). The topological polar surface area (TPSA) is 115 Å². The van der Waals surface area contributed by atoms with Crippen LogP contribution in [0.2, 0.25) is 0 Å². The summed E-state index contributed by atoms with van der Waals surface area (Å²) in [6, 6.07) is 2.83. The molecule has 0 bridgehead atoms. The van der Waals surface area contributed by atoms with Gasteiger partial charge in [-0.1, -0.05) is 6.92 Å². The summed E-state index contributed by atoms with van der Waals surface area (Å²) >= 11 is 0. The second-order valence-corrected chi connectivity index (χ2v) is 3.95. The Hall–Kier alpha value is -2.51. The lowest BCUT2D eigenvalue weighted by Crippen LogP contribution is -2.22. The number of amides is 1. The monoisotopic (exact) mass is 267 g/mol. The van der Waals surface area contributed by atoms with E-state index in [4.69, 9.17) is 0 Å². The van der Waals surface area contributed by atoms with Crippen LogP contribution in [0.15, 0.2) is 12.1 Å². The summed E-state index contributed by atoms with van der Waals surface area (Å²) < 4.78 is 0. The highest BCUT2D eigenvalue weighted by molar-refractivity contribution is 5.92. The van der Waals surface area contributed by atoms with Crippen molar-refractivity contribution in [2.75, 3.05) is 11.9 Å². The van der Waals surface area contributed by atoms with E-state index in [2.05, 4.69) is 5.32 Å². The number of benzene rings is 1. The van der Waals surface area contributed by atoms with Crippen LogP contribution in [0, 0.1) is 27.2 Å². The van der Waals surface area contributed by atoms with E-state index in [0.717, 1.165) is 0 Å². The van der Waals surface area contributed by atoms with Crippen molar-refractivity contribution < 1.29 is 14.6 Å². The van der Waals surface area contributed by atoms with Gasteiger partial charge in [-0.25, -0.2) is 0 Å². The van der Waals surface area contributed by atoms with E-state index >= 15 is 0 Å². The number of carbonyl (C=O) groups is 1. The molecule has 8 nitrogen and oxygen atoms in total. The molecule has 1 N–H and O–H groups in total. The lowest BCUT2D eigenvalue weighted by molar-refractivity contribution is -0.467. The minimum Gasteiger partial charge on any atom is -0.320 e. The quantitative estimate of drug-likeness (QED) is 0.643. The number of aryl methyl sites for hydroxylation is 2. The molecular formula is C11H13N3O5. The van der Waals surface area contributed by atoms with Crippen molar-refractivity contribution in [2.45, 2.75) is 20.3 Å². The van der Waals surface area contributed by atoms with Gasteiger partial charge in [0, 0.05) is 22.2 Å². The molecule has 0 fully saturated rings. The molecule has 19 heavy (non-hydrogen) atoms. The van der Waals surface area contributed by atoms with Gasteiger partial charge >= 0.3 is 0 Å². The van der Waals surface area contributed by atoms with E-state index in [-0.39, 0.29) is 5.69 Å². The summed E-state index contributed by atoms with van der Waals surface area (Å²) in [6.45, 7) is 2.51. The molecule has 0 unspecified atom stereocenters. The van der Waals surface area contributed by atoms with Crippen molar-refractivity contribution in [2.24, 2.45) is 0 Å². The SMILES string of the molecule is CCc1cc(NC(=O)C[N+](=O)[O-])c(C)cc1[N+](=O)[O-].